The molecule has 1 saturated heterocycles. The molecule has 0 bridgehead atoms. The van der Waals surface area contributed by atoms with Crippen LogP contribution in [0.4, 0.5) is 5.69 Å². The van der Waals surface area contributed by atoms with Crippen molar-refractivity contribution in [2.75, 3.05) is 38.0 Å². The Hall–Kier alpha value is -0.770. The molecule has 1 saturated carbocycles. The van der Waals surface area contributed by atoms with Crippen molar-refractivity contribution >= 4 is 18.1 Å². The first-order valence-electron chi connectivity index (χ1n) is 8.71. The number of hydrogen-bond acceptors (Lipinski definition) is 3. The molecular weight excluding hydrogens is 294 g/mol. The van der Waals surface area contributed by atoms with Gasteiger partial charge in [0.15, 0.2) is 0 Å². The fourth-order valence-electron chi connectivity index (χ4n) is 4.34. The molecule has 122 valence electrons. The van der Waals surface area contributed by atoms with Gasteiger partial charge in [-0.05, 0) is 30.4 Å². The van der Waals surface area contributed by atoms with Gasteiger partial charge in [-0.2, -0.15) is 0 Å². The van der Waals surface area contributed by atoms with Crippen molar-refractivity contribution in [3.05, 3.63) is 29.3 Å². The highest BCUT2D eigenvalue weighted by atomic mass is 35.5. The van der Waals surface area contributed by atoms with Gasteiger partial charge < -0.3 is 5.32 Å². The Labute approximate surface area is 140 Å². The molecule has 2 aliphatic heterocycles. The molecule has 0 atom stereocenters. The zero-order chi connectivity index (χ0) is 14.1. The van der Waals surface area contributed by atoms with Gasteiger partial charge in [-0.3, -0.25) is 9.80 Å². The van der Waals surface area contributed by atoms with Crippen molar-refractivity contribution in [2.24, 2.45) is 0 Å². The largest absolute Gasteiger partial charge is 0.384 e. The lowest BCUT2D eigenvalue weighted by atomic mass is 10.1. The second-order valence-electron chi connectivity index (χ2n) is 6.88. The monoisotopic (exact) mass is 321 g/mol. The van der Waals surface area contributed by atoms with Gasteiger partial charge in [-0.25, -0.2) is 0 Å². The first-order valence-corrected chi connectivity index (χ1v) is 8.71. The molecule has 2 heterocycles. The number of nitrogens with one attached hydrogen (secondary N) is 1. The normalized spacial score (nSPS) is 23.1. The van der Waals surface area contributed by atoms with E-state index in [0.717, 1.165) is 19.1 Å². The Morgan fingerprint density at radius 3 is 2.59 bits per heavy atom. The number of benzene rings is 1. The van der Waals surface area contributed by atoms with E-state index in [2.05, 4.69) is 33.3 Å². The molecule has 4 heteroatoms. The van der Waals surface area contributed by atoms with Gasteiger partial charge in [0.25, 0.3) is 0 Å². The molecule has 0 aromatic heterocycles. The Morgan fingerprint density at radius 1 is 1.05 bits per heavy atom. The van der Waals surface area contributed by atoms with Crippen molar-refractivity contribution in [3.8, 4) is 0 Å². The summed E-state index contributed by atoms with van der Waals surface area (Å²) in [7, 11) is 0. The van der Waals surface area contributed by atoms with Crippen molar-refractivity contribution in [2.45, 2.75) is 44.7 Å². The quantitative estimate of drug-likeness (QED) is 0.922. The molecule has 22 heavy (non-hydrogen) atoms. The van der Waals surface area contributed by atoms with E-state index in [-0.39, 0.29) is 12.4 Å². The molecule has 0 radical (unpaired) electrons. The number of halogens is 1. The summed E-state index contributed by atoms with van der Waals surface area (Å²) >= 11 is 0. The average Bonchev–Trinajstić information content (AvgIpc) is 3.20. The summed E-state index contributed by atoms with van der Waals surface area (Å²) in [5.41, 5.74) is 4.44. The molecule has 3 aliphatic rings. The van der Waals surface area contributed by atoms with Crippen molar-refractivity contribution < 1.29 is 0 Å². The van der Waals surface area contributed by atoms with Crippen LogP contribution >= 0.6 is 12.4 Å². The molecule has 1 N–H and O–H groups in total. The van der Waals surface area contributed by atoms with Crippen LogP contribution in [0.3, 0.4) is 0 Å². The molecule has 1 aliphatic carbocycles. The molecular formula is C18H28ClN3. The zero-order valence-corrected chi connectivity index (χ0v) is 14.2. The van der Waals surface area contributed by atoms with Crippen molar-refractivity contribution in [3.63, 3.8) is 0 Å². The van der Waals surface area contributed by atoms with E-state index in [4.69, 9.17) is 0 Å². The number of anilines is 1. The van der Waals surface area contributed by atoms with Crippen molar-refractivity contribution in [1.82, 2.24) is 9.80 Å². The third kappa shape index (κ3) is 3.27. The van der Waals surface area contributed by atoms with E-state index in [9.17, 15) is 0 Å². The van der Waals surface area contributed by atoms with Crippen LogP contribution in [0.5, 0.6) is 0 Å². The molecule has 1 aromatic rings. The maximum Gasteiger partial charge on any atom is 0.0419 e. The van der Waals surface area contributed by atoms with Gasteiger partial charge >= 0.3 is 0 Å². The molecule has 0 amide bonds. The lowest BCUT2D eigenvalue weighted by Crippen LogP contribution is -2.49. The zero-order valence-electron chi connectivity index (χ0n) is 13.4. The average molecular weight is 322 g/mol. The summed E-state index contributed by atoms with van der Waals surface area (Å²) in [5, 5.41) is 3.57. The molecule has 0 unspecified atom stereocenters. The second-order valence-corrected chi connectivity index (χ2v) is 6.88. The Bertz CT molecular complexity index is 491. The van der Waals surface area contributed by atoms with Gasteiger partial charge in [0.2, 0.25) is 0 Å². The highest BCUT2D eigenvalue weighted by Crippen LogP contribution is 2.28. The summed E-state index contributed by atoms with van der Waals surface area (Å²) < 4.78 is 0. The van der Waals surface area contributed by atoms with E-state index < -0.39 is 0 Å². The van der Waals surface area contributed by atoms with Crippen LogP contribution in [0.25, 0.3) is 0 Å². The maximum atomic E-state index is 3.57. The second kappa shape index (κ2) is 7.20. The van der Waals surface area contributed by atoms with Crippen LogP contribution < -0.4 is 5.32 Å². The molecule has 1 aromatic carbocycles. The third-order valence-electron chi connectivity index (χ3n) is 5.58. The molecule has 0 spiro atoms. The third-order valence-corrected chi connectivity index (χ3v) is 5.58. The number of rotatable bonds is 3. The van der Waals surface area contributed by atoms with Crippen LogP contribution in [0.2, 0.25) is 0 Å². The minimum absolute atomic E-state index is 0. The minimum atomic E-state index is 0. The van der Waals surface area contributed by atoms with Gasteiger partial charge in [0, 0.05) is 51.0 Å². The highest BCUT2D eigenvalue weighted by Gasteiger charge is 2.26. The summed E-state index contributed by atoms with van der Waals surface area (Å²) in [6.45, 7) is 7.25. The Kier molecular flexibility index (Phi) is 5.27. The SMILES string of the molecule is Cl.c1cc2c(c(CN3CCN(C4CCCC4)CC3)c1)NCC2. The van der Waals surface area contributed by atoms with Crippen LogP contribution in [-0.2, 0) is 13.0 Å². The van der Waals surface area contributed by atoms with Gasteiger partial charge in [-0.15, -0.1) is 12.4 Å². The summed E-state index contributed by atoms with van der Waals surface area (Å²) in [6, 6.07) is 7.71. The van der Waals surface area contributed by atoms with E-state index in [1.807, 2.05) is 0 Å². The number of para-hydroxylation sites is 1. The standard InChI is InChI=1S/C18H27N3.ClH/c1-2-7-17(6-1)21-12-10-20(11-13-21)14-16-5-3-4-15-8-9-19-18(15)16;/h3-5,17,19H,1-2,6-14H2;1H. The minimum Gasteiger partial charge on any atom is -0.384 e. The summed E-state index contributed by atoms with van der Waals surface area (Å²) in [5.74, 6) is 0. The Balaban J connectivity index is 0.00000144. The van der Waals surface area contributed by atoms with Crippen LogP contribution in [-0.4, -0.2) is 48.6 Å². The van der Waals surface area contributed by atoms with E-state index in [0.29, 0.717) is 0 Å². The molecule has 4 rings (SSSR count). The van der Waals surface area contributed by atoms with Gasteiger partial charge in [-0.1, -0.05) is 31.0 Å². The smallest absolute Gasteiger partial charge is 0.0419 e. The summed E-state index contributed by atoms with van der Waals surface area (Å²) in [4.78, 5) is 5.39. The predicted molar refractivity (Wildman–Crippen MR) is 95.0 cm³/mol. The number of nitrogens with zero attached hydrogens (tertiary/aromatic N) is 2. The van der Waals surface area contributed by atoms with Crippen molar-refractivity contribution in [1.29, 1.82) is 0 Å². The lowest BCUT2D eigenvalue weighted by Gasteiger charge is -2.38. The van der Waals surface area contributed by atoms with E-state index >= 15 is 0 Å². The summed E-state index contributed by atoms with van der Waals surface area (Å²) in [6.07, 6.45) is 6.98. The highest BCUT2D eigenvalue weighted by molar-refractivity contribution is 5.85. The number of hydrogen-bond donors (Lipinski definition) is 1. The number of piperazine rings is 1. The topological polar surface area (TPSA) is 18.5 Å². The van der Waals surface area contributed by atoms with Gasteiger partial charge in [0.1, 0.15) is 0 Å². The first kappa shape index (κ1) is 16.1. The predicted octanol–water partition coefficient (Wildman–Crippen LogP) is 3.14. The van der Waals surface area contributed by atoms with E-state index in [1.54, 1.807) is 0 Å². The fourth-order valence-corrected chi connectivity index (χ4v) is 4.34. The van der Waals surface area contributed by atoms with Crippen LogP contribution in [0.15, 0.2) is 18.2 Å². The number of fused-ring (bicyclic) bond motifs is 1. The maximum absolute atomic E-state index is 3.57. The molecule has 2 fully saturated rings. The lowest BCUT2D eigenvalue weighted by molar-refractivity contribution is 0.0938. The Morgan fingerprint density at radius 2 is 1.82 bits per heavy atom. The van der Waals surface area contributed by atoms with Crippen LogP contribution in [0, 0.1) is 0 Å². The van der Waals surface area contributed by atoms with Gasteiger partial charge in [0.05, 0.1) is 0 Å². The molecule has 3 nitrogen and oxygen atoms in total. The van der Waals surface area contributed by atoms with E-state index in [1.165, 1.54) is 75.1 Å². The van der Waals surface area contributed by atoms with Crippen LogP contribution in [0.1, 0.15) is 36.8 Å². The fraction of sp³-hybridized carbons (Fsp3) is 0.667. The first-order chi connectivity index (χ1) is 10.4.